The van der Waals surface area contributed by atoms with Crippen molar-refractivity contribution in [3.63, 3.8) is 0 Å². The van der Waals surface area contributed by atoms with Gasteiger partial charge in [-0.25, -0.2) is 0 Å². The highest BCUT2D eigenvalue weighted by molar-refractivity contribution is 5.81. The van der Waals surface area contributed by atoms with Crippen molar-refractivity contribution >= 4 is 11.8 Å². The van der Waals surface area contributed by atoms with Gasteiger partial charge < -0.3 is 15.0 Å². The molecule has 0 unspecified atom stereocenters. The molecule has 5 nitrogen and oxygen atoms in total. The number of aryl methyl sites for hydroxylation is 1. The Morgan fingerprint density at radius 1 is 1.29 bits per heavy atom. The molecule has 1 aliphatic rings. The van der Waals surface area contributed by atoms with Gasteiger partial charge in [-0.15, -0.1) is 0 Å². The molecule has 1 fully saturated rings. The van der Waals surface area contributed by atoms with E-state index in [1.807, 2.05) is 43.0 Å². The van der Waals surface area contributed by atoms with Crippen molar-refractivity contribution < 1.29 is 14.3 Å². The highest BCUT2D eigenvalue weighted by Gasteiger charge is 2.27. The minimum Gasteiger partial charge on any atom is -0.494 e. The number of carbonyl (C=O) groups excluding carboxylic acids is 2. The van der Waals surface area contributed by atoms with Crippen molar-refractivity contribution in [2.24, 2.45) is 5.92 Å². The van der Waals surface area contributed by atoms with Gasteiger partial charge in [0.25, 0.3) is 0 Å². The van der Waals surface area contributed by atoms with E-state index in [4.69, 9.17) is 4.74 Å². The van der Waals surface area contributed by atoms with Crippen LogP contribution >= 0.6 is 0 Å². The highest BCUT2D eigenvalue weighted by atomic mass is 16.5. The van der Waals surface area contributed by atoms with E-state index in [2.05, 4.69) is 5.32 Å². The Morgan fingerprint density at radius 2 is 2.04 bits per heavy atom. The number of carbonyl (C=O) groups is 2. The van der Waals surface area contributed by atoms with E-state index in [0.29, 0.717) is 26.1 Å². The van der Waals surface area contributed by atoms with Gasteiger partial charge in [-0.3, -0.25) is 9.59 Å². The van der Waals surface area contributed by atoms with Gasteiger partial charge in [0.15, 0.2) is 0 Å². The first-order valence-corrected chi connectivity index (χ1v) is 8.85. The number of amides is 2. The zero-order valence-corrected chi connectivity index (χ0v) is 14.7. The lowest BCUT2D eigenvalue weighted by atomic mass is 9.97. The average molecular weight is 332 g/mol. The zero-order valence-electron chi connectivity index (χ0n) is 14.7. The molecule has 1 atom stereocenters. The summed E-state index contributed by atoms with van der Waals surface area (Å²) < 4.78 is 5.65. The second-order valence-corrected chi connectivity index (χ2v) is 6.34. The number of hydrogen-bond donors (Lipinski definition) is 1. The number of likely N-dealkylation sites (tertiary alicyclic amines) is 1. The van der Waals surface area contributed by atoms with Crippen LogP contribution in [0.15, 0.2) is 24.3 Å². The summed E-state index contributed by atoms with van der Waals surface area (Å²) in [7, 11) is 0. The fraction of sp³-hybridized carbons (Fsp3) is 0.579. The summed E-state index contributed by atoms with van der Waals surface area (Å²) in [4.78, 5) is 25.8. The lowest BCUT2D eigenvalue weighted by Gasteiger charge is -2.31. The Hall–Kier alpha value is -2.04. The van der Waals surface area contributed by atoms with E-state index in [9.17, 15) is 9.59 Å². The predicted octanol–water partition coefficient (Wildman–Crippen LogP) is 2.53. The third-order valence-electron chi connectivity index (χ3n) is 4.36. The fourth-order valence-corrected chi connectivity index (χ4v) is 2.89. The van der Waals surface area contributed by atoms with Crippen LogP contribution in [-0.2, 0) is 9.59 Å². The minimum atomic E-state index is -0.0766. The molecular formula is C19H28N2O3. The Labute approximate surface area is 144 Å². The first kappa shape index (κ1) is 18.3. The monoisotopic (exact) mass is 332 g/mol. The van der Waals surface area contributed by atoms with Crippen LogP contribution in [-0.4, -0.2) is 43.0 Å². The molecule has 1 saturated heterocycles. The second-order valence-electron chi connectivity index (χ2n) is 6.34. The van der Waals surface area contributed by atoms with Gasteiger partial charge in [-0.1, -0.05) is 24.6 Å². The van der Waals surface area contributed by atoms with Crippen LogP contribution < -0.4 is 10.1 Å². The highest BCUT2D eigenvalue weighted by Crippen LogP contribution is 2.17. The molecule has 24 heavy (non-hydrogen) atoms. The maximum absolute atomic E-state index is 12.2. The molecule has 0 saturated carbocycles. The van der Waals surface area contributed by atoms with Crippen molar-refractivity contribution in [3.8, 4) is 5.75 Å². The van der Waals surface area contributed by atoms with E-state index < -0.39 is 0 Å². The van der Waals surface area contributed by atoms with Crippen LogP contribution in [0.25, 0.3) is 0 Å². The second kappa shape index (κ2) is 9.30. The number of rotatable bonds is 7. The molecule has 1 aromatic carbocycles. The molecule has 1 heterocycles. The smallest absolute Gasteiger partial charge is 0.224 e. The average Bonchev–Trinajstić information content (AvgIpc) is 2.62. The largest absolute Gasteiger partial charge is 0.494 e. The summed E-state index contributed by atoms with van der Waals surface area (Å²) in [6, 6.07) is 7.94. The van der Waals surface area contributed by atoms with Gasteiger partial charge in [-0.2, -0.15) is 0 Å². The van der Waals surface area contributed by atoms with Crippen molar-refractivity contribution in [2.75, 3.05) is 26.2 Å². The Morgan fingerprint density at radius 3 is 2.75 bits per heavy atom. The van der Waals surface area contributed by atoms with Gasteiger partial charge in [0.05, 0.1) is 12.5 Å². The summed E-state index contributed by atoms with van der Waals surface area (Å²) >= 11 is 0. The van der Waals surface area contributed by atoms with Gasteiger partial charge in [0.2, 0.25) is 11.8 Å². The molecule has 0 bridgehead atoms. The minimum absolute atomic E-state index is 0.0546. The Balaban J connectivity index is 1.64. The third kappa shape index (κ3) is 5.55. The maximum atomic E-state index is 12.2. The Kier molecular flexibility index (Phi) is 7.09. The molecule has 1 aliphatic heterocycles. The number of ether oxygens (including phenoxy) is 1. The molecule has 0 aliphatic carbocycles. The van der Waals surface area contributed by atoms with Gasteiger partial charge in [-0.05, 0) is 38.3 Å². The van der Waals surface area contributed by atoms with Gasteiger partial charge >= 0.3 is 0 Å². The van der Waals surface area contributed by atoms with E-state index in [1.54, 1.807) is 0 Å². The molecule has 1 aromatic rings. The predicted molar refractivity (Wildman–Crippen MR) is 93.9 cm³/mol. The first-order valence-electron chi connectivity index (χ1n) is 8.85. The molecular weight excluding hydrogens is 304 g/mol. The van der Waals surface area contributed by atoms with Gasteiger partial charge in [0.1, 0.15) is 5.75 Å². The molecule has 1 N–H and O–H groups in total. The normalized spacial score (nSPS) is 17.4. The number of hydrogen-bond acceptors (Lipinski definition) is 3. The van der Waals surface area contributed by atoms with Crippen LogP contribution in [0, 0.1) is 12.8 Å². The van der Waals surface area contributed by atoms with Crippen LogP contribution in [0.4, 0.5) is 0 Å². The molecule has 2 amide bonds. The van der Waals surface area contributed by atoms with Crippen LogP contribution in [0.3, 0.4) is 0 Å². The summed E-state index contributed by atoms with van der Waals surface area (Å²) in [5.41, 5.74) is 1.21. The summed E-state index contributed by atoms with van der Waals surface area (Å²) in [6.45, 7) is 6.41. The van der Waals surface area contributed by atoms with Crippen LogP contribution in [0.1, 0.15) is 38.2 Å². The van der Waals surface area contributed by atoms with E-state index in [0.717, 1.165) is 31.6 Å². The number of benzene rings is 1. The van der Waals surface area contributed by atoms with E-state index in [-0.39, 0.29) is 17.7 Å². The Bertz CT molecular complexity index is 542. The van der Waals surface area contributed by atoms with Crippen molar-refractivity contribution in [3.05, 3.63) is 29.8 Å². The topological polar surface area (TPSA) is 58.6 Å². The lowest BCUT2D eigenvalue weighted by Crippen LogP contribution is -2.45. The van der Waals surface area contributed by atoms with Crippen molar-refractivity contribution in [1.82, 2.24) is 10.2 Å². The fourth-order valence-electron chi connectivity index (χ4n) is 2.89. The first-order chi connectivity index (χ1) is 11.6. The molecule has 0 aromatic heterocycles. The zero-order chi connectivity index (χ0) is 17.4. The van der Waals surface area contributed by atoms with E-state index >= 15 is 0 Å². The van der Waals surface area contributed by atoms with Crippen molar-refractivity contribution in [1.29, 1.82) is 0 Å². The third-order valence-corrected chi connectivity index (χ3v) is 4.36. The number of nitrogens with zero attached hydrogens (tertiary/aromatic N) is 1. The molecule has 2 rings (SSSR count). The SMILES string of the molecule is CCC(=O)N1CCC[C@@H](C(=O)NCCCOc2ccc(C)cc2)C1. The van der Waals surface area contributed by atoms with E-state index in [1.165, 1.54) is 5.56 Å². The maximum Gasteiger partial charge on any atom is 0.224 e. The molecule has 5 heteroatoms. The number of nitrogens with one attached hydrogen (secondary N) is 1. The molecule has 0 radical (unpaired) electrons. The summed E-state index contributed by atoms with van der Waals surface area (Å²) in [5, 5.41) is 2.97. The van der Waals surface area contributed by atoms with Crippen LogP contribution in [0.2, 0.25) is 0 Å². The lowest BCUT2D eigenvalue weighted by molar-refractivity contribution is -0.135. The summed E-state index contributed by atoms with van der Waals surface area (Å²) in [6.07, 6.45) is 3.04. The van der Waals surface area contributed by atoms with Crippen LogP contribution in [0.5, 0.6) is 5.75 Å². The molecule has 132 valence electrons. The standard InChI is InChI=1S/C19H28N2O3/c1-3-18(22)21-12-4-6-16(14-21)19(23)20-11-5-13-24-17-9-7-15(2)8-10-17/h7-10,16H,3-6,11-14H2,1-2H3,(H,20,23)/t16-/m1/s1. The van der Waals surface area contributed by atoms with Crippen molar-refractivity contribution in [2.45, 2.75) is 39.5 Å². The summed E-state index contributed by atoms with van der Waals surface area (Å²) in [5.74, 6) is 0.970. The quantitative estimate of drug-likeness (QED) is 0.781. The van der Waals surface area contributed by atoms with Gasteiger partial charge in [0, 0.05) is 26.1 Å². The molecule has 0 spiro atoms. The number of piperidine rings is 1.